The second kappa shape index (κ2) is 12.2. The van der Waals surface area contributed by atoms with Gasteiger partial charge in [-0.2, -0.15) is 0 Å². The van der Waals surface area contributed by atoms with E-state index in [1.54, 1.807) is 7.11 Å². The molecular formula is C29H40N4O4. The Kier molecular flexibility index (Phi) is 8.48. The summed E-state index contributed by atoms with van der Waals surface area (Å²) >= 11 is 0. The molecule has 5 rings (SSSR count). The molecule has 0 amide bonds. The van der Waals surface area contributed by atoms with E-state index in [4.69, 9.17) is 23.6 Å². The molecule has 2 aliphatic heterocycles. The van der Waals surface area contributed by atoms with Gasteiger partial charge in [-0.15, -0.1) is 0 Å². The quantitative estimate of drug-likeness (QED) is 0.396. The number of nitrogens with one attached hydrogen (secondary N) is 1. The molecule has 0 atom stereocenters. The molecule has 0 unspecified atom stereocenters. The molecule has 2 fully saturated rings. The summed E-state index contributed by atoms with van der Waals surface area (Å²) in [4.78, 5) is 9.80. The van der Waals surface area contributed by atoms with Gasteiger partial charge < -0.3 is 28.8 Å². The van der Waals surface area contributed by atoms with Crippen molar-refractivity contribution in [3.63, 3.8) is 0 Å². The minimum Gasteiger partial charge on any atom is -0.493 e. The molecule has 37 heavy (non-hydrogen) atoms. The number of likely N-dealkylation sites (tertiary alicyclic amines) is 1. The van der Waals surface area contributed by atoms with E-state index >= 15 is 0 Å². The summed E-state index contributed by atoms with van der Waals surface area (Å²) in [5.41, 5.74) is 2.75. The first-order valence-electron chi connectivity index (χ1n) is 13.6. The lowest BCUT2D eigenvalue weighted by Crippen LogP contribution is -2.37. The molecule has 1 aromatic carbocycles. The van der Waals surface area contributed by atoms with E-state index < -0.39 is 0 Å². The number of anilines is 1. The number of nitrogens with zero attached hydrogens (tertiary/aromatic N) is 3. The fourth-order valence-electron chi connectivity index (χ4n) is 5.13. The van der Waals surface area contributed by atoms with Crippen molar-refractivity contribution in [1.82, 2.24) is 14.8 Å². The van der Waals surface area contributed by atoms with E-state index in [2.05, 4.69) is 41.2 Å². The van der Waals surface area contributed by atoms with Gasteiger partial charge in [-0.05, 0) is 63.7 Å². The summed E-state index contributed by atoms with van der Waals surface area (Å²) in [5.74, 6) is 3.20. The fourth-order valence-corrected chi connectivity index (χ4v) is 5.13. The van der Waals surface area contributed by atoms with Gasteiger partial charge in [0, 0.05) is 49.2 Å². The maximum absolute atomic E-state index is 6.22. The second-order valence-corrected chi connectivity index (χ2v) is 10.1. The van der Waals surface area contributed by atoms with Gasteiger partial charge in [-0.1, -0.05) is 6.92 Å². The standard InChI is InChI=1S/C29H40N4O4/c1-4-22-6-7-27(37-22)26-19-24(30-21-8-11-32(2)12-9-21)23-18-28(34-3)29(20-25(23)31-26)36-15-5-10-33-13-16-35-17-14-33/h6-7,18-21H,4-5,8-17H2,1-3H3,(H,30,31). The molecule has 0 spiro atoms. The molecule has 8 heteroatoms. The molecule has 2 saturated heterocycles. The van der Waals surface area contributed by atoms with Crippen LogP contribution in [0.5, 0.6) is 11.5 Å². The number of fused-ring (bicyclic) bond motifs is 1. The van der Waals surface area contributed by atoms with Gasteiger partial charge in [0.2, 0.25) is 0 Å². The molecule has 0 bridgehead atoms. The minimum absolute atomic E-state index is 0.416. The van der Waals surface area contributed by atoms with Crippen LogP contribution in [0.4, 0.5) is 5.69 Å². The fraction of sp³-hybridized carbons (Fsp3) is 0.552. The molecule has 4 heterocycles. The number of morpholine rings is 1. The van der Waals surface area contributed by atoms with Crippen molar-refractivity contribution in [3.05, 3.63) is 36.1 Å². The van der Waals surface area contributed by atoms with Crippen molar-refractivity contribution in [3.8, 4) is 23.0 Å². The third-order valence-electron chi connectivity index (χ3n) is 7.41. The van der Waals surface area contributed by atoms with Gasteiger partial charge in [0.1, 0.15) is 11.5 Å². The lowest BCUT2D eigenvalue weighted by molar-refractivity contribution is 0.0357. The van der Waals surface area contributed by atoms with Gasteiger partial charge >= 0.3 is 0 Å². The monoisotopic (exact) mass is 508 g/mol. The summed E-state index contributed by atoms with van der Waals surface area (Å²) in [7, 11) is 3.88. The largest absolute Gasteiger partial charge is 0.493 e. The van der Waals surface area contributed by atoms with Crippen LogP contribution in [0.1, 0.15) is 31.9 Å². The molecule has 0 saturated carbocycles. The molecule has 2 aliphatic rings. The average Bonchev–Trinajstić information content (AvgIpc) is 3.42. The lowest BCUT2D eigenvalue weighted by atomic mass is 10.0. The number of ether oxygens (including phenoxy) is 3. The molecule has 3 aromatic rings. The Morgan fingerprint density at radius 1 is 1.05 bits per heavy atom. The summed E-state index contributed by atoms with van der Waals surface area (Å²) in [6.07, 6.45) is 4.02. The molecule has 0 aliphatic carbocycles. The van der Waals surface area contributed by atoms with Crippen LogP contribution >= 0.6 is 0 Å². The van der Waals surface area contributed by atoms with Crippen LogP contribution in [0.3, 0.4) is 0 Å². The SMILES string of the molecule is CCc1ccc(-c2cc(NC3CCN(C)CC3)c3cc(OC)c(OCCCN4CCOCC4)cc3n2)o1. The lowest BCUT2D eigenvalue weighted by Gasteiger charge is -2.30. The highest BCUT2D eigenvalue weighted by Gasteiger charge is 2.20. The topological polar surface area (TPSA) is 72.2 Å². The number of piperidine rings is 1. The Bertz CT molecular complexity index is 1170. The van der Waals surface area contributed by atoms with E-state index in [1.807, 2.05) is 18.2 Å². The van der Waals surface area contributed by atoms with Crippen molar-refractivity contribution in [2.75, 3.05) is 72.0 Å². The molecule has 1 N–H and O–H groups in total. The first kappa shape index (κ1) is 25.8. The van der Waals surface area contributed by atoms with Crippen molar-refractivity contribution < 1.29 is 18.6 Å². The van der Waals surface area contributed by atoms with Crippen molar-refractivity contribution in [2.24, 2.45) is 0 Å². The third kappa shape index (κ3) is 6.37. The smallest absolute Gasteiger partial charge is 0.163 e. The number of aryl methyl sites for hydroxylation is 1. The summed E-state index contributed by atoms with van der Waals surface area (Å²) in [5, 5.41) is 4.84. The molecular weight excluding hydrogens is 468 g/mol. The molecule has 2 aromatic heterocycles. The van der Waals surface area contributed by atoms with E-state index in [1.165, 1.54) is 0 Å². The number of hydrogen-bond acceptors (Lipinski definition) is 8. The van der Waals surface area contributed by atoms with Crippen molar-refractivity contribution in [1.29, 1.82) is 0 Å². The highest BCUT2D eigenvalue weighted by atomic mass is 16.5. The number of aromatic nitrogens is 1. The maximum atomic E-state index is 6.22. The zero-order valence-electron chi connectivity index (χ0n) is 22.4. The predicted octanol–water partition coefficient (Wildman–Crippen LogP) is 4.67. The number of pyridine rings is 1. The van der Waals surface area contributed by atoms with Crippen LogP contribution in [0.2, 0.25) is 0 Å². The van der Waals surface area contributed by atoms with Gasteiger partial charge in [-0.3, -0.25) is 4.90 Å². The first-order chi connectivity index (χ1) is 18.1. The highest BCUT2D eigenvalue weighted by molar-refractivity contribution is 5.95. The zero-order chi connectivity index (χ0) is 25.6. The van der Waals surface area contributed by atoms with E-state index in [-0.39, 0.29) is 0 Å². The van der Waals surface area contributed by atoms with Gasteiger partial charge in [-0.25, -0.2) is 4.98 Å². The van der Waals surface area contributed by atoms with Crippen LogP contribution in [0.25, 0.3) is 22.4 Å². The first-order valence-corrected chi connectivity index (χ1v) is 13.6. The van der Waals surface area contributed by atoms with Gasteiger partial charge in [0.15, 0.2) is 17.3 Å². The molecule has 8 nitrogen and oxygen atoms in total. The average molecular weight is 509 g/mol. The predicted molar refractivity (Wildman–Crippen MR) is 147 cm³/mol. The number of benzene rings is 1. The summed E-state index contributed by atoms with van der Waals surface area (Å²) in [6, 6.07) is 10.6. The Hall–Kier alpha value is -2.81. The van der Waals surface area contributed by atoms with E-state index in [9.17, 15) is 0 Å². The van der Waals surface area contributed by atoms with Gasteiger partial charge in [0.05, 0.1) is 32.4 Å². The van der Waals surface area contributed by atoms with Crippen molar-refractivity contribution >= 4 is 16.6 Å². The molecule has 200 valence electrons. The number of rotatable bonds is 10. The van der Waals surface area contributed by atoms with Crippen LogP contribution in [0.15, 0.2) is 34.7 Å². The Balaban J connectivity index is 1.41. The van der Waals surface area contributed by atoms with Crippen LogP contribution in [0, 0.1) is 0 Å². The van der Waals surface area contributed by atoms with Crippen LogP contribution in [-0.4, -0.2) is 87.5 Å². The Labute approximate surface area is 219 Å². The van der Waals surface area contributed by atoms with E-state index in [0.717, 1.165) is 117 Å². The Morgan fingerprint density at radius 2 is 1.86 bits per heavy atom. The number of furan rings is 1. The second-order valence-electron chi connectivity index (χ2n) is 10.1. The number of methoxy groups -OCH3 is 1. The van der Waals surface area contributed by atoms with Crippen molar-refractivity contribution in [2.45, 2.75) is 38.6 Å². The zero-order valence-corrected chi connectivity index (χ0v) is 22.4. The van der Waals surface area contributed by atoms with Crippen LogP contribution in [-0.2, 0) is 11.2 Å². The number of hydrogen-bond donors (Lipinski definition) is 1. The Morgan fingerprint density at radius 3 is 2.59 bits per heavy atom. The normalized spacial score (nSPS) is 17.8. The summed E-state index contributed by atoms with van der Waals surface area (Å²) in [6.45, 7) is 9.53. The molecule has 0 radical (unpaired) electrons. The maximum Gasteiger partial charge on any atom is 0.163 e. The van der Waals surface area contributed by atoms with Gasteiger partial charge in [0.25, 0.3) is 0 Å². The summed E-state index contributed by atoms with van der Waals surface area (Å²) < 4.78 is 23.5. The highest BCUT2D eigenvalue weighted by Crippen LogP contribution is 2.38. The van der Waals surface area contributed by atoms with Crippen LogP contribution < -0.4 is 14.8 Å². The third-order valence-corrected chi connectivity index (χ3v) is 7.41. The van der Waals surface area contributed by atoms with E-state index in [0.29, 0.717) is 12.6 Å². The minimum atomic E-state index is 0.416.